The highest BCUT2D eigenvalue weighted by Crippen LogP contribution is 2.18. The first-order chi connectivity index (χ1) is 8.72. The lowest BCUT2D eigenvalue weighted by Gasteiger charge is -2.18. The number of hydrogen-bond acceptors (Lipinski definition) is 4. The topological polar surface area (TPSA) is 99.6 Å². The molecule has 0 atom stereocenters. The number of aliphatic carboxylic acids is 1. The molecule has 0 fully saturated rings. The number of halogens is 1. The van der Waals surface area contributed by atoms with Gasteiger partial charge in [0.05, 0.1) is 17.8 Å². The molecule has 106 valence electrons. The van der Waals surface area contributed by atoms with Gasteiger partial charge in [-0.25, -0.2) is 4.98 Å². The van der Waals surface area contributed by atoms with Gasteiger partial charge in [-0.2, -0.15) is 12.7 Å². The van der Waals surface area contributed by atoms with Crippen molar-refractivity contribution in [3.63, 3.8) is 0 Å². The maximum Gasteiger partial charge on any atom is 0.304 e. The lowest BCUT2D eigenvalue weighted by molar-refractivity contribution is -0.137. The van der Waals surface area contributed by atoms with Gasteiger partial charge in [0.15, 0.2) is 0 Å². The van der Waals surface area contributed by atoms with E-state index in [-0.39, 0.29) is 13.0 Å². The SMILES string of the molecule is Cc1nc(Br)ccc1NS(=O)(=O)N(C)CCC(=O)O. The second kappa shape index (κ2) is 6.31. The molecule has 0 amide bonds. The van der Waals surface area contributed by atoms with Crippen LogP contribution in [0.15, 0.2) is 16.7 Å². The van der Waals surface area contributed by atoms with Gasteiger partial charge in [0.2, 0.25) is 0 Å². The molecule has 1 rings (SSSR count). The number of hydrogen-bond donors (Lipinski definition) is 2. The highest BCUT2D eigenvalue weighted by atomic mass is 79.9. The normalized spacial score (nSPS) is 11.6. The summed E-state index contributed by atoms with van der Waals surface area (Å²) in [6, 6.07) is 3.19. The summed E-state index contributed by atoms with van der Waals surface area (Å²) in [7, 11) is -2.47. The first kappa shape index (κ1) is 15.9. The minimum Gasteiger partial charge on any atom is -0.481 e. The van der Waals surface area contributed by atoms with Gasteiger partial charge < -0.3 is 5.11 Å². The van der Waals surface area contributed by atoms with Gasteiger partial charge in [0.25, 0.3) is 0 Å². The Morgan fingerprint density at radius 1 is 1.53 bits per heavy atom. The van der Waals surface area contributed by atoms with Crippen LogP contribution in [0.3, 0.4) is 0 Å². The summed E-state index contributed by atoms with van der Waals surface area (Å²) in [6.07, 6.45) is -0.255. The quantitative estimate of drug-likeness (QED) is 0.750. The van der Waals surface area contributed by atoms with Crippen LogP contribution in [-0.2, 0) is 15.0 Å². The van der Waals surface area contributed by atoms with E-state index in [9.17, 15) is 13.2 Å². The molecule has 0 aliphatic rings. The molecule has 0 saturated heterocycles. The van der Waals surface area contributed by atoms with Crippen LogP contribution < -0.4 is 4.72 Å². The fraction of sp³-hybridized carbons (Fsp3) is 0.400. The van der Waals surface area contributed by atoms with Crippen molar-refractivity contribution in [2.45, 2.75) is 13.3 Å². The average Bonchev–Trinajstić information content (AvgIpc) is 2.29. The van der Waals surface area contributed by atoms with E-state index >= 15 is 0 Å². The minimum absolute atomic E-state index is 0.104. The van der Waals surface area contributed by atoms with Gasteiger partial charge in [-0.15, -0.1) is 0 Å². The van der Waals surface area contributed by atoms with Crippen molar-refractivity contribution in [3.8, 4) is 0 Å². The van der Waals surface area contributed by atoms with Crippen LogP contribution in [0.2, 0.25) is 0 Å². The third-order valence-corrected chi connectivity index (χ3v) is 4.26. The molecule has 0 radical (unpaired) electrons. The van der Waals surface area contributed by atoms with Crippen LogP contribution in [0.5, 0.6) is 0 Å². The van der Waals surface area contributed by atoms with Crippen molar-refractivity contribution in [3.05, 3.63) is 22.4 Å². The standard InChI is InChI=1S/C10H14BrN3O4S/c1-7-8(3-4-9(11)12-7)13-19(17,18)14(2)6-5-10(15)16/h3-4,13H,5-6H2,1-2H3,(H,15,16). The fourth-order valence-electron chi connectivity index (χ4n) is 1.23. The number of aryl methyl sites for hydroxylation is 1. The van der Waals surface area contributed by atoms with Crippen molar-refractivity contribution in [1.29, 1.82) is 0 Å². The molecule has 0 spiro atoms. The molecule has 7 nitrogen and oxygen atoms in total. The Kier molecular flexibility index (Phi) is 5.27. The van der Waals surface area contributed by atoms with Crippen LogP contribution in [0.4, 0.5) is 5.69 Å². The molecule has 0 unspecified atom stereocenters. The summed E-state index contributed by atoms with van der Waals surface area (Å²) in [6.45, 7) is 1.56. The Hall–Kier alpha value is -1.19. The average molecular weight is 352 g/mol. The molecule has 2 N–H and O–H groups in total. The molecule has 1 heterocycles. The van der Waals surface area contributed by atoms with Crippen molar-refractivity contribution >= 4 is 37.8 Å². The first-order valence-corrected chi connectivity index (χ1v) is 7.54. The highest BCUT2D eigenvalue weighted by Gasteiger charge is 2.19. The maximum atomic E-state index is 11.9. The predicted octanol–water partition coefficient (Wildman–Crippen LogP) is 1.22. The van der Waals surface area contributed by atoms with E-state index in [1.807, 2.05) is 0 Å². The van der Waals surface area contributed by atoms with Gasteiger partial charge in [-0.05, 0) is 35.0 Å². The van der Waals surface area contributed by atoms with Crippen LogP contribution in [-0.4, -0.2) is 42.4 Å². The van der Waals surface area contributed by atoms with E-state index in [1.54, 1.807) is 19.1 Å². The molecule has 19 heavy (non-hydrogen) atoms. The van der Waals surface area contributed by atoms with Gasteiger partial charge in [-0.1, -0.05) is 0 Å². The zero-order valence-corrected chi connectivity index (χ0v) is 12.8. The monoisotopic (exact) mass is 351 g/mol. The third kappa shape index (κ3) is 4.77. The van der Waals surface area contributed by atoms with Gasteiger partial charge in [0, 0.05) is 13.6 Å². The van der Waals surface area contributed by atoms with Gasteiger partial charge in [-0.3, -0.25) is 9.52 Å². The summed E-state index contributed by atoms with van der Waals surface area (Å²) < 4.78 is 27.8. The smallest absolute Gasteiger partial charge is 0.304 e. The molecule has 0 aromatic carbocycles. The number of rotatable bonds is 6. The Morgan fingerprint density at radius 3 is 2.68 bits per heavy atom. The number of aromatic nitrogens is 1. The summed E-state index contributed by atoms with van der Waals surface area (Å²) in [5.74, 6) is -1.05. The fourth-order valence-corrected chi connectivity index (χ4v) is 2.61. The van der Waals surface area contributed by atoms with E-state index in [0.29, 0.717) is 16.0 Å². The molecule has 0 aliphatic heterocycles. The second-order valence-corrected chi connectivity index (χ2v) is 6.43. The highest BCUT2D eigenvalue weighted by molar-refractivity contribution is 9.10. The molecular formula is C10H14BrN3O4S. The molecule has 0 bridgehead atoms. The predicted molar refractivity (Wildman–Crippen MR) is 74.1 cm³/mol. The Balaban J connectivity index is 2.81. The molecule has 0 aliphatic carbocycles. The Morgan fingerprint density at radius 2 is 2.16 bits per heavy atom. The van der Waals surface area contributed by atoms with E-state index in [2.05, 4.69) is 25.6 Å². The van der Waals surface area contributed by atoms with Gasteiger partial charge in [0.1, 0.15) is 4.60 Å². The lowest BCUT2D eigenvalue weighted by Crippen LogP contribution is -2.34. The number of carboxylic acids is 1. The summed E-state index contributed by atoms with van der Waals surface area (Å²) in [5, 5.41) is 8.54. The van der Waals surface area contributed by atoms with E-state index < -0.39 is 16.2 Å². The Bertz CT molecular complexity index is 576. The number of nitrogens with zero attached hydrogens (tertiary/aromatic N) is 2. The summed E-state index contributed by atoms with van der Waals surface area (Å²) >= 11 is 3.18. The lowest BCUT2D eigenvalue weighted by atomic mass is 10.3. The number of carbonyl (C=O) groups is 1. The van der Waals surface area contributed by atoms with E-state index in [4.69, 9.17) is 5.11 Å². The molecule has 0 saturated carbocycles. The second-order valence-electron chi connectivity index (χ2n) is 3.84. The van der Waals surface area contributed by atoms with Crippen molar-refractivity contribution in [2.24, 2.45) is 0 Å². The van der Waals surface area contributed by atoms with Crippen molar-refractivity contribution in [2.75, 3.05) is 18.3 Å². The minimum atomic E-state index is -3.78. The Labute approximate surface area is 120 Å². The largest absolute Gasteiger partial charge is 0.481 e. The van der Waals surface area contributed by atoms with Crippen LogP contribution >= 0.6 is 15.9 Å². The number of anilines is 1. The van der Waals surface area contributed by atoms with Crippen molar-refractivity contribution in [1.82, 2.24) is 9.29 Å². The van der Waals surface area contributed by atoms with Gasteiger partial charge >= 0.3 is 16.2 Å². The zero-order chi connectivity index (χ0) is 14.6. The summed E-state index contributed by atoms with van der Waals surface area (Å²) in [5.41, 5.74) is 0.870. The summed E-state index contributed by atoms with van der Waals surface area (Å²) in [4.78, 5) is 14.5. The molecule has 9 heteroatoms. The van der Waals surface area contributed by atoms with Crippen LogP contribution in [0.25, 0.3) is 0 Å². The molecule has 1 aromatic rings. The van der Waals surface area contributed by atoms with Crippen molar-refractivity contribution < 1.29 is 18.3 Å². The zero-order valence-electron chi connectivity index (χ0n) is 10.4. The molecule has 1 aromatic heterocycles. The van der Waals surface area contributed by atoms with E-state index in [1.165, 1.54) is 7.05 Å². The third-order valence-electron chi connectivity index (χ3n) is 2.34. The molecular weight excluding hydrogens is 338 g/mol. The van der Waals surface area contributed by atoms with Crippen LogP contribution in [0.1, 0.15) is 12.1 Å². The maximum absolute atomic E-state index is 11.9. The van der Waals surface area contributed by atoms with Crippen LogP contribution in [0, 0.1) is 6.92 Å². The first-order valence-electron chi connectivity index (χ1n) is 5.31. The number of carboxylic acid groups (broad SMARTS) is 1. The van der Waals surface area contributed by atoms with E-state index in [0.717, 1.165) is 4.31 Å². The number of pyridine rings is 1. The number of nitrogens with one attached hydrogen (secondary N) is 1.